The van der Waals surface area contributed by atoms with Gasteiger partial charge in [-0.25, -0.2) is 0 Å². The third-order valence-corrected chi connectivity index (χ3v) is 13.7. The Balaban J connectivity index is 1.80. The van der Waals surface area contributed by atoms with Crippen LogP contribution in [0.4, 0.5) is 0 Å². The van der Waals surface area contributed by atoms with Crippen molar-refractivity contribution in [3.05, 3.63) is 46.9 Å². The molecule has 0 radical (unpaired) electrons. The highest BCUT2D eigenvalue weighted by Crippen LogP contribution is 2.56. The number of rotatable bonds is 8. The van der Waals surface area contributed by atoms with Crippen LogP contribution in [0.3, 0.4) is 0 Å². The molecule has 2 aliphatic heterocycles. The van der Waals surface area contributed by atoms with Gasteiger partial charge in [-0.05, 0) is 139 Å². The molecule has 2 unspecified atom stereocenters. The third kappa shape index (κ3) is 5.65. The zero-order valence-electron chi connectivity index (χ0n) is 17.1. The van der Waals surface area contributed by atoms with Crippen molar-refractivity contribution >= 4 is 127 Å². The summed E-state index contributed by atoms with van der Waals surface area (Å²) in [5, 5.41) is 0. The molecule has 2 aromatic rings. The predicted octanol–water partition coefficient (Wildman–Crippen LogP) is 9.67. The van der Waals surface area contributed by atoms with E-state index in [4.69, 9.17) is 18.9 Å². The lowest BCUT2D eigenvalue weighted by Crippen LogP contribution is -2.23. The molecule has 4 nitrogen and oxygen atoms in total. The highest BCUT2D eigenvalue weighted by atomic mass is 79.9. The van der Waals surface area contributed by atoms with E-state index in [1.54, 1.807) is 0 Å². The molecular formula is C21H16Br8O4. The maximum absolute atomic E-state index is 6.04. The topological polar surface area (TPSA) is 43.5 Å². The number of hydrogen-bond donors (Lipinski definition) is 0. The van der Waals surface area contributed by atoms with Crippen molar-refractivity contribution in [2.45, 2.75) is 31.5 Å². The fourth-order valence-corrected chi connectivity index (χ4v) is 9.98. The Labute approximate surface area is 259 Å². The number of benzene rings is 2. The lowest BCUT2D eigenvalue weighted by Gasteiger charge is -2.33. The van der Waals surface area contributed by atoms with Crippen LogP contribution in [0.2, 0.25) is 0 Å². The molecule has 33 heavy (non-hydrogen) atoms. The first kappa shape index (κ1) is 27.8. The molecule has 2 atom stereocenters. The number of ether oxygens (including phenoxy) is 4. The average Bonchev–Trinajstić information content (AvgIpc) is 3.66. The van der Waals surface area contributed by atoms with Crippen molar-refractivity contribution in [2.24, 2.45) is 0 Å². The molecule has 180 valence electrons. The first-order valence-electron chi connectivity index (χ1n) is 9.68. The number of epoxide rings is 2. The quantitative estimate of drug-likeness (QED) is 0.196. The minimum atomic E-state index is -0.471. The Morgan fingerprint density at radius 1 is 0.606 bits per heavy atom. The van der Waals surface area contributed by atoms with Gasteiger partial charge in [0.15, 0.2) is 0 Å². The summed E-state index contributed by atoms with van der Waals surface area (Å²) < 4.78 is 29.5. The first-order chi connectivity index (χ1) is 15.5. The third-order valence-electron chi connectivity index (χ3n) is 5.33. The minimum absolute atomic E-state index is 0.159. The molecule has 2 fully saturated rings. The largest absolute Gasteiger partial charge is 0.488 e. The fourth-order valence-electron chi connectivity index (χ4n) is 3.38. The molecule has 0 aliphatic carbocycles. The van der Waals surface area contributed by atoms with E-state index in [1.807, 2.05) is 0 Å². The van der Waals surface area contributed by atoms with E-state index in [1.165, 1.54) is 0 Å². The lowest BCUT2D eigenvalue weighted by molar-refractivity contribution is 0.260. The van der Waals surface area contributed by atoms with Crippen molar-refractivity contribution < 1.29 is 18.9 Å². The van der Waals surface area contributed by atoms with Crippen LogP contribution >= 0.6 is 127 Å². The van der Waals surface area contributed by atoms with Gasteiger partial charge in [0, 0.05) is 23.3 Å². The Kier molecular flexibility index (Phi) is 9.18. The first-order valence-corrected chi connectivity index (χ1v) is 16.0. The summed E-state index contributed by atoms with van der Waals surface area (Å²) in [5.74, 6) is 1.44. The SMILES string of the molecule is CC(C)(c1c(Br)c(Br)c(OCC2CO2)c(Br)c1Br)c1c(Br)c(Br)c(OCC2CO2)c(Br)c1Br. The van der Waals surface area contributed by atoms with Gasteiger partial charge in [0.05, 0.1) is 31.1 Å². The van der Waals surface area contributed by atoms with Crippen LogP contribution in [0.15, 0.2) is 35.8 Å². The van der Waals surface area contributed by atoms with Gasteiger partial charge < -0.3 is 18.9 Å². The van der Waals surface area contributed by atoms with Crippen LogP contribution in [-0.2, 0) is 14.9 Å². The lowest BCUT2D eigenvalue weighted by atomic mass is 9.78. The summed E-state index contributed by atoms with van der Waals surface area (Å²) in [6.07, 6.45) is 0.317. The minimum Gasteiger partial charge on any atom is -0.488 e. The van der Waals surface area contributed by atoms with E-state index >= 15 is 0 Å². The second-order valence-corrected chi connectivity index (χ2v) is 14.4. The molecule has 12 heteroatoms. The molecule has 4 rings (SSSR count). The average molecular weight is 972 g/mol. The summed E-state index contributed by atoms with van der Waals surface area (Å²) >= 11 is 30.2. The summed E-state index contributed by atoms with van der Waals surface area (Å²) in [6, 6.07) is 0. The standard InChI is InChI=1S/C21H16Br8O4/c1-21(2,9-11(22)15(26)19(16(27)12(9)23)32-5-7-3-30-7)10-13(24)17(28)20(18(29)14(10)25)33-6-8-4-31-8/h7-8H,3-6H2,1-2H3. The monoisotopic (exact) mass is 963 g/mol. The van der Waals surface area contributed by atoms with Crippen LogP contribution in [0, 0.1) is 0 Å². The van der Waals surface area contributed by atoms with Crippen molar-refractivity contribution in [2.75, 3.05) is 26.4 Å². The van der Waals surface area contributed by atoms with Crippen LogP contribution < -0.4 is 9.47 Å². The van der Waals surface area contributed by atoms with Gasteiger partial charge in [-0.15, -0.1) is 0 Å². The molecule has 0 N–H and O–H groups in total. The molecule has 0 bridgehead atoms. The molecule has 0 aromatic heterocycles. The number of halogens is 8. The van der Waals surface area contributed by atoms with Gasteiger partial charge in [-0.2, -0.15) is 0 Å². The summed E-state index contributed by atoms with van der Waals surface area (Å²) in [5.41, 5.74) is 1.61. The van der Waals surface area contributed by atoms with Crippen LogP contribution in [0.5, 0.6) is 11.5 Å². The molecule has 2 aliphatic rings. The van der Waals surface area contributed by atoms with Crippen LogP contribution in [0.1, 0.15) is 25.0 Å². The van der Waals surface area contributed by atoms with E-state index in [2.05, 4.69) is 141 Å². The second-order valence-electron chi connectivity index (χ2n) is 8.08. The zero-order chi connectivity index (χ0) is 24.2. The van der Waals surface area contributed by atoms with E-state index in [-0.39, 0.29) is 12.2 Å². The molecule has 0 saturated carbocycles. The normalized spacial score (nSPS) is 19.6. The van der Waals surface area contributed by atoms with Gasteiger partial charge in [0.2, 0.25) is 0 Å². The Bertz CT molecular complexity index is 969. The molecule has 0 spiro atoms. The molecule has 2 saturated heterocycles. The maximum atomic E-state index is 6.04. The highest BCUT2D eigenvalue weighted by molar-refractivity contribution is 9.14. The molecular weight excluding hydrogens is 955 g/mol. The van der Waals surface area contributed by atoms with Gasteiger partial charge in [-0.1, -0.05) is 13.8 Å². The summed E-state index contributed by atoms with van der Waals surface area (Å²) in [6.45, 7) is 6.81. The summed E-state index contributed by atoms with van der Waals surface area (Å²) in [7, 11) is 0. The zero-order valence-corrected chi connectivity index (χ0v) is 29.8. The van der Waals surface area contributed by atoms with Crippen molar-refractivity contribution in [3.8, 4) is 11.5 Å². The Morgan fingerprint density at radius 2 is 0.879 bits per heavy atom. The van der Waals surface area contributed by atoms with E-state index in [0.717, 1.165) is 71.6 Å². The second kappa shape index (κ2) is 10.9. The van der Waals surface area contributed by atoms with E-state index in [0.29, 0.717) is 13.2 Å². The van der Waals surface area contributed by atoms with E-state index in [9.17, 15) is 0 Å². The van der Waals surface area contributed by atoms with Crippen LogP contribution in [-0.4, -0.2) is 38.6 Å². The van der Waals surface area contributed by atoms with Crippen molar-refractivity contribution in [3.63, 3.8) is 0 Å². The van der Waals surface area contributed by atoms with Gasteiger partial charge in [0.1, 0.15) is 36.9 Å². The highest BCUT2D eigenvalue weighted by Gasteiger charge is 2.38. The van der Waals surface area contributed by atoms with Gasteiger partial charge in [-0.3, -0.25) is 0 Å². The molecule has 2 aromatic carbocycles. The fraction of sp³-hybridized carbons (Fsp3) is 0.429. The smallest absolute Gasteiger partial charge is 0.150 e. The Morgan fingerprint density at radius 3 is 1.12 bits per heavy atom. The van der Waals surface area contributed by atoms with E-state index < -0.39 is 5.41 Å². The van der Waals surface area contributed by atoms with Crippen molar-refractivity contribution in [1.29, 1.82) is 0 Å². The predicted molar refractivity (Wildman–Crippen MR) is 157 cm³/mol. The summed E-state index contributed by atoms with van der Waals surface area (Å²) in [4.78, 5) is 0. The van der Waals surface area contributed by atoms with Crippen LogP contribution in [0.25, 0.3) is 0 Å². The number of hydrogen-bond acceptors (Lipinski definition) is 4. The maximum Gasteiger partial charge on any atom is 0.150 e. The van der Waals surface area contributed by atoms with Crippen molar-refractivity contribution in [1.82, 2.24) is 0 Å². The Hall–Kier alpha value is 1.80. The molecule has 2 heterocycles. The van der Waals surface area contributed by atoms with Gasteiger partial charge in [0.25, 0.3) is 0 Å². The molecule has 0 amide bonds. The van der Waals surface area contributed by atoms with Gasteiger partial charge >= 0.3 is 0 Å².